The Morgan fingerprint density at radius 2 is 2.00 bits per heavy atom. The van der Waals surface area contributed by atoms with Gasteiger partial charge >= 0.3 is 6.18 Å². The summed E-state index contributed by atoms with van der Waals surface area (Å²) in [7, 11) is 1.47. The van der Waals surface area contributed by atoms with Gasteiger partial charge in [-0.05, 0) is 39.3 Å². The van der Waals surface area contributed by atoms with Crippen molar-refractivity contribution in [3.63, 3.8) is 0 Å². The van der Waals surface area contributed by atoms with Crippen molar-refractivity contribution in [2.24, 2.45) is 4.99 Å². The Kier molecular flexibility index (Phi) is 9.23. The zero-order valence-electron chi connectivity index (χ0n) is 17.7. The number of hydrogen-bond acceptors (Lipinski definition) is 3. The molecule has 8 heteroatoms. The van der Waals surface area contributed by atoms with Crippen molar-refractivity contribution in [3.8, 4) is 0 Å². The fourth-order valence-corrected chi connectivity index (χ4v) is 3.64. The van der Waals surface area contributed by atoms with E-state index in [4.69, 9.17) is 0 Å². The number of benzene rings is 1. The molecule has 1 heterocycles. The molecule has 1 aliphatic rings. The van der Waals surface area contributed by atoms with Crippen molar-refractivity contribution in [1.29, 1.82) is 0 Å². The summed E-state index contributed by atoms with van der Waals surface area (Å²) >= 11 is 0. The first kappa shape index (κ1) is 23.5. The molecule has 0 aromatic heterocycles. The minimum absolute atomic E-state index is 0.266. The van der Waals surface area contributed by atoms with Gasteiger partial charge in [-0.3, -0.25) is 14.8 Å². The predicted octanol–water partition coefficient (Wildman–Crippen LogP) is 3.09. The van der Waals surface area contributed by atoms with Crippen LogP contribution >= 0.6 is 0 Å². The number of hydrogen-bond donors (Lipinski definition) is 2. The molecule has 1 aliphatic heterocycles. The Bertz CT molecular complexity index is 620. The van der Waals surface area contributed by atoms with Crippen molar-refractivity contribution >= 4 is 5.96 Å². The number of aliphatic imine (C=N–C) groups is 1. The molecule has 0 amide bonds. The molecule has 0 spiro atoms. The summed E-state index contributed by atoms with van der Waals surface area (Å²) < 4.78 is 37.3. The van der Waals surface area contributed by atoms with Crippen LogP contribution in [0.25, 0.3) is 0 Å². The fourth-order valence-electron chi connectivity index (χ4n) is 3.64. The van der Waals surface area contributed by atoms with Crippen LogP contribution in [-0.4, -0.2) is 73.8 Å². The molecule has 2 unspecified atom stereocenters. The molecule has 1 fully saturated rings. The largest absolute Gasteiger partial charge is 0.401 e. The Morgan fingerprint density at radius 3 is 2.62 bits per heavy atom. The maximum absolute atomic E-state index is 12.4. The van der Waals surface area contributed by atoms with Crippen molar-refractivity contribution in [3.05, 3.63) is 35.9 Å². The molecule has 0 saturated carbocycles. The average molecular weight is 414 g/mol. The zero-order chi connectivity index (χ0) is 21.3. The smallest absolute Gasteiger partial charge is 0.357 e. The third-order valence-corrected chi connectivity index (χ3v) is 5.13. The van der Waals surface area contributed by atoms with Gasteiger partial charge in [-0.15, -0.1) is 0 Å². The normalized spacial score (nSPS) is 21.4. The second-order valence-corrected chi connectivity index (χ2v) is 7.78. The minimum Gasteiger partial charge on any atom is -0.357 e. The van der Waals surface area contributed by atoms with Gasteiger partial charge in [0.05, 0.1) is 13.1 Å². The maximum Gasteiger partial charge on any atom is 0.401 e. The number of likely N-dealkylation sites (tertiary alicyclic amines) is 1. The van der Waals surface area contributed by atoms with Gasteiger partial charge in [0.2, 0.25) is 0 Å². The lowest BCUT2D eigenvalue weighted by molar-refractivity contribution is -0.142. The highest BCUT2D eigenvalue weighted by Crippen LogP contribution is 2.20. The standard InChI is InChI=1S/C21H34F3N5/c1-4-25-20(26-11-13-28(3)16-21(22,23)24)27-19-10-12-29(17(2)14-19)15-18-8-6-5-7-9-18/h5-9,17,19H,4,10-16H2,1-3H3,(H2,25,26,27). The molecule has 1 aromatic carbocycles. The Morgan fingerprint density at radius 1 is 1.28 bits per heavy atom. The number of piperidine rings is 1. The molecular formula is C21H34F3N5. The second-order valence-electron chi connectivity index (χ2n) is 7.78. The molecule has 1 saturated heterocycles. The van der Waals surface area contributed by atoms with Crippen LogP contribution in [0.15, 0.2) is 35.3 Å². The quantitative estimate of drug-likeness (QED) is 0.508. The van der Waals surface area contributed by atoms with E-state index in [0.29, 0.717) is 31.1 Å². The van der Waals surface area contributed by atoms with Crippen LogP contribution in [0.4, 0.5) is 13.2 Å². The van der Waals surface area contributed by atoms with Gasteiger partial charge in [-0.25, -0.2) is 0 Å². The Hall–Kier alpha value is -1.80. The monoisotopic (exact) mass is 413 g/mol. The first-order chi connectivity index (χ1) is 13.8. The first-order valence-electron chi connectivity index (χ1n) is 10.3. The molecule has 0 radical (unpaired) electrons. The molecule has 0 aliphatic carbocycles. The zero-order valence-corrected chi connectivity index (χ0v) is 17.7. The maximum atomic E-state index is 12.4. The van der Waals surface area contributed by atoms with Gasteiger partial charge in [-0.1, -0.05) is 30.3 Å². The lowest BCUT2D eigenvalue weighted by Crippen LogP contribution is -2.51. The molecule has 0 bridgehead atoms. The van der Waals surface area contributed by atoms with E-state index in [1.807, 2.05) is 13.0 Å². The van der Waals surface area contributed by atoms with Crippen LogP contribution in [0.1, 0.15) is 32.3 Å². The summed E-state index contributed by atoms with van der Waals surface area (Å²) in [6.07, 6.45) is -2.16. The van der Waals surface area contributed by atoms with Crippen molar-refractivity contribution in [1.82, 2.24) is 20.4 Å². The summed E-state index contributed by atoms with van der Waals surface area (Å²) in [4.78, 5) is 8.20. The van der Waals surface area contributed by atoms with Gasteiger partial charge in [-0.2, -0.15) is 13.2 Å². The van der Waals surface area contributed by atoms with Gasteiger partial charge in [0.1, 0.15) is 0 Å². The summed E-state index contributed by atoms with van der Waals surface area (Å²) in [6, 6.07) is 11.2. The molecule has 2 atom stereocenters. The lowest BCUT2D eigenvalue weighted by atomic mass is 9.97. The Balaban J connectivity index is 1.81. The molecule has 2 rings (SSSR count). The van der Waals surface area contributed by atoms with Crippen LogP contribution in [0.2, 0.25) is 0 Å². The van der Waals surface area contributed by atoms with E-state index >= 15 is 0 Å². The molecular weight excluding hydrogens is 379 g/mol. The van der Waals surface area contributed by atoms with Gasteiger partial charge < -0.3 is 10.6 Å². The topological polar surface area (TPSA) is 42.9 Å². The molecule has 1 aromatic rings. The van der Waals surface area contributed by atoms with Gasteiger partial charge in [0, 0.05) is 38.3 Å². The predicted molar refractivity (Wildman–Crippen MR) is 112 cm³/mol. The lowest BCUT2D eigenvalue weighted by Gasteiger charge is -2.38. The van der Waals surface area contributed by atoms with Gasteiger partial charge in [0.25, 0.3) is 0 Å². The number of nitrogens with zero attached hydrogens (tertiary/aromatic N) is 3. The third kappa shape index (κ3) is 9.04. The van der Waals surface area contributed by atoms with E-state index in [2.05, 4.69) is 51.7 Å². The van der Waals surface area contributed by atoms with Crippen LogP contribution in [0, 0.1) is 0 Å². The highest BCUT2D eigenvalue weighted by Gasteiger charge is 2.29. The van der Waals surface area contributed by atoms with Crippen molar-refractivity contribution < 1.29 is 13.2 Å². The van der Waals surface area contributed by atoms with Gasteiger partial charge in [0.15, 0.2) is 5.96 Å². The molecule has 2 N–H and O–H groups in total. The van der Waals surface area contributed by atoms with Crippen LogP contribution in [0.5, 0.6) is 0 Å². The molecule has 5 nitrogen and oxygen atoms in total. The van der Waals surface area contributed by atoms with E-state index in [0.717, 1.165) is 25.9 Å². The number of nitrogens with one attached hydrogen (secondary N) is 2. The van der Waals surface area contributed by atoms with E-state index in [9.17, 15) is 13.2 Å². The fraction of sp³-hybridized carbons (Fsp3) is 0.667. The van der Waals surface area contributed by atoms with E-state index in [-0.39, 0.29) is 6.54 Å². The molecule has 164 valence electrons. The third-order valence-electron chi connectivity index (χ3n) is 5.13. The van der Waals surface area contributed by atoms with Crippen molar-refractivity contribution in [2.75, 3.05) is 39.8 Å². The first-order valence-corrected chi connectivity index (χ1v) is 10.3. The van der Waals surface area contributed by atoms with Crippen LogP contribution in [-0.2, 0) is 6.54 Å². The average Bonchev–Trinajstić information content (AvgIpc) is 2.63. The minimum atomic E-state index is -4.18. The van der Waals surface area contributed by atoms with E-state index in [1.54, 1.807) is 0 Å². The highest BCUT2D eigenvalue weighted by atomic mass is 19.4. The summed E-state index contributed by atoms with van der Waals surface area (Å²) in [5, 5.41) is 6.67. The van der Waals surface area contributed by atoms with Crippen LogP contribution in [0.3, 0.4) is 0 Å². The summed E-state index contributed by atoms with van der Waals surface area (Å²) in [5.74, 6) is 0.682. The number of likely N-dealkylation sites (N-methyl/N-ethyl adjacent to an activating group) is 1. The van der Waals surface area contributed by atoms with Crippen LogP contribution < -0.4 is 10.6 Å². The number of alkyl halides is 3. The summed E-state index contributed by atoms with van der Waals surface area (Å²) in [6.45, 7) is 6.57. The molecule has 29 heavy (non-hydrogen) atoms. The van der Waals surface area contributed by atoms with Crippen molar-refractivity contribution in [2.45, 2.75) is 51.5 Å². The highest BCUT2D eigenvalue weighted by molar-refractivity contribution is 5.80. The van der Waals surface area contributed by atoms with E-state index < -0.39 is 12.7 Å². The SMILES string of the molecule is CCNC(=NCCN(C)CC(F)(F)F)NC1CCN(Cc2ccccc2)C(C)C1. The van der Waals surface area contributed by atoms with E-state index in [1.165, 1.54) is 17.5 Å². The summed E-state index contributed by atoms with van der Waals surface area (Å²) in [5.41, 5.74) is 1.32. The number of guanidine groups is 1. The number of rotatable bonds is 8. The Labute approximate surface area is 172 Å². The second kappa shape index (κ2) is 11.4. The number of halogens is 3.